The Labute approximate surface area is 117 Å². The fraction of sp³-hybridized carbons (Fsp3) is 0.429. The normalized spacial score (nSPS) is 21.6. The van der Waals surface area contributed by atoms with Gasteiger partial charge in [-0.1, -0.05) is 6.07 Å². The lowest BCUT2D eigenvalue weighted by atomic mass is 10.0. The molecule has 4 N–H and O–H groups in total. The van der Waals surface area contributed by atoms with E-state index in [1.165, 1.54) is 0 Å². The van der Waals surface area contributed by atoms with Crippen LogP contribution < -0.4 is 16.4 Å². The highest BCUT2D eigenvalue weighted by atomic mass is 16.5. The van der Waals surface area contributed by atoms with Crippen molar-refractivity contribution < 1.29 is 14.3 Å². The Hall–Kier alpha value is -1.92. The third kappa shape index (κ3) is 2.97. The van der Waals surface area contributed by atoms with Crippen LogP contribution >= 0.6 is 0 Å². The Morgan fingerprint density at radius 3 is 2.70 bits per heavy atom. The lowest BCUT2D eigenvalue weighted by Crippen LogP contribution is -2.37. The average Bonchev–Trinajstić information content (AvgIpc) is 2.86. The van der Waals surface area contributed by atoms with Gasteiger partial charge in [0.2, 0.25) is 5.91 Å². The number of nitrogens with one attached hydrogen (secondary N) is 2. The summed E-state index contributed by atoms with van der Waals surface area (Å²) in [4.78, 5) is 23.8. The van der Waals surface area contributed by atoms with Gasteiger partial charge in [-0.25, -0.2) is 0 Å². The molecule has 1 heterocycles. The molecule has 2 atom stereocenters. The van der Waals surface area contributed by atoms with Gasteiger partial charge in [0, 0.05) is 24.3 Å². The van der Waals surface area contributed by atoms with Crippen LogP contribution in [0.2, 0.25) is 0 Å². The van der Waals surface area contributed by atoms with Gasteiger partial charge in [0.05, 0.1) is 19.1 Å². The molecule has 1 fully saturated rings. The molecule has 0 spiro atoms. The maximum absolute atomic E-state index is 12.2. The summed E-state index contributed by atoms with van der Waals surface area (Å²) in [5.74, 6) is -0.716. The minimum absolute atomic E-state index is 0.174. The van der Waals surface area contributed by atoms with Gasteiger partial charge in [0.25, 0.3) is 5.91 Å². The van der Waals surface area contributed by atoms with Crippen LogP contribution in [0.3, 0.4) is 0 Å². The molecular weight excluding hydrogens is 258 g/mol. The van der Waals surface area contributed by atoms with Gasteiger partial charge in [-0.15, -0.1) is 0 Å². The molecule has 2 unspecified atom stereocenters. The van der Waals surface area contributed by atoms with E-state index in [-0.39, 0.29) is 23.8 Å². The second kappa shape index (κ2) is 6.02. The van der Waals surface area contributed by atoms with Gasteiger partial charge >= 0.3 is 0 Å². The van der Waals surface area contributed by atoms with E-state index in [2.05, 4.69) is 10.6 Å². The molecule has 6 heteroatoms. The fourth-order valence-corrected chi connectivity index (χ4v) is 2.11. The summed E-state index contributed by atoms with van der Waals surface area (Å²) in [5.41, 5.74) is 7.83. The van der Waals surface area contributed by atoms with E-state index in [9.17, 15) is 9.59 Å². The summed E-state index contributed by atoms with van der Waals surface area (Å²) in [6.45, 7) is 2.60. The van der Waals surface area contributed by atoms with Crippen LogP contribution in [0.15, 0.2) is 18.2 Å². The predicted molar refractivity (Wildman–Crippen MR) is 75.5 cm³/mol. The first-order valence-electron chi connectivity index (χ1n) is 6.50. The minimum Gasteiger partial charge on any atom is -0.379 e. The van der Waals surface area contributed by atoms with Crippen molar-refractivity contribution in [3.63, 3.8) is 0 Å². The first kappa shape index (κ1) is 14.5. The lowest BCUT2D eigenvalue weighted by molar-refractivity contribution is -0.120. The van der Waals surface area contributed by atoms with Crippen molar-refractivity contribution in [2.75, 3.05) is 25.6 Å². The number of rotatable bonds is 3. The quantitative estimate of drug-likeness (QED) is 0.739. The third-order valence-corrected chi connectivity index (χ3v) is 3.45. The van der Waals surface area contributed by atoms with Crippen molar-refractivity contribution in [2.45, 2.75) is 13.0 Å². The van der Waals surface area contributed by atoms with Gasteiger partial charge in [-0.05, 0) is 24.6 Å². The lowest BCUT2D eigenvalue weighted by Gasteiger charge is -2.15. The van der Waals surface area contributed by atoms with E-state index in [4.69, 9.17) is 10.5 Å². The van der Waals surface area contributed by atoms with Gasteiger partial charge < -0.3 is 21.1 Å². The molecule has 0 bridgehead atoms. The zero-order valence-corrected chi connectivity index (χ0v) is 11.6. The third-order valence-electron chi connectivity index (χ3n) is 3.45. The summed E-state index contributed by atoms with van der Waals surface area (Å²) >= 11 is 0. The number of hydrogen-bond acceptors (Lipinski definition) is 4. The Kier molecular flexibility index (Phi) is 4.36. The van der Waals surface area contributed by atoms with Crippen LogP contribution in [-0.4, -0.2) is 38.1 Å². The Bertz CT molecular complexity index is 530. The van der Waals surface area contributed by atoms with E-state index in [0.717, 1.165) is 5.56 Å². The molecule has 2 rings (SSSR count). The van der Waals surface area contributed by atoms with Crippen molar-refractivity contribution in [2.24, 2.45) is 11.7 Å². The molecule has 1 aliphatic heterocycles. The molecule has 2 amide bonds. The summed E-state index contributed by atoms with van der Waals surface area (Å²) in [6, 6.07) is 4.89. The number of amides is 2. The minimum atomic E-state index is -0.349. The standard InChI is InChI=1S/C14H19N3O3/c1-8-3-4-9(13(18)16-2)5-12(8)17-14(19)10-6-20-7-11(10)15/h3-5,10-11H,6-7,15H2,1-2H3,(H,16,18)(H,17,19). The maximum atomic E-state index is 12.2. The Morgan fingerprint density at radius 1 is 1.35 bits per heavy atom. The zero-order valence-electron chi connectivity index (χ0n) is 11.6. The zero-order chi connectivity index (χ0) is 14.7. The molecule has 0 saturated carbocycles. The first-order chi connectivity index (χ1) is 9.52. The smallest absolute Gasteiger partial charge is 0.251 e. The number of carbonyl (C=O) groups is 2. The second-order valence-electron chi connectivity index (χ2n) is 4.91. The number of ether oxygens (including phenoxy) is 1. The Morgan fingerprint density at radius 2 is 2.10 bits per heavy atom. The van der Waals surface area contributed by atoms with Crippen molar-refractivity contribution in [1.82, 2.24) is 5.32 Å². The topological polar surface area (TPSA) is 93.5 Å². The van der Waals surface area contributed by atoms with E-state index < -0.39 is 0 Å². The molecule has 0 aliphatic carbocycles. The molecule has 1 saturated heterocycles. The molecule has 0 radical (unpaired) electrons. The molecule has 108 valence electrons. The summed E-state index contributed by atoms with van der Waals surface area (Å²) in [5, 5.41) is 5.37. The van der Waals surface area contributed by atoms with Crippen LogP contribution in [-0.2, 0) is 9.53 Å². The predicted octanol–water partition coefficient (Wildman–Crippen LogP) is 0.267. The molecule has 0 aromatic heterocycles. The van der Waals surface area contributed by atoms with Gasteiger partial charge in [-0.2, -0.15) is 0 Å². The first-order valence-corrected chi connectivity index (χ1v) is 6.50. The van der Waals surface area contributed by atoms with E-state index >= 15 is 0 Å². The number of carbonyl (C=O) groups excluding carboxylic acids is 2. The van der Waals surface area contributed by atoms with E-state index in [0.29, 0.717) is 24.5 Å². The summed E-state index contributed by atoms with van der Waals surface area (Å²) in [7, 11) is 1.56. The van der Waals surface area contributed by atoms with E-state index in [1.54, 1.807) is 25.2 Å². The molecule has 1 aliphatic rings. The number of aryl methyl sites for hydroxylation is 1. The largest absolute Gasteiger partial charge is 0.379 e. The van der Waals surface area contributed by atoms with Crippen molar-refractivity contribution in [3.8, 4) is 0 Å². The molecule has 1 aromatic carbocycles. The SMILES string of the molecule is CNC(=O)c1ccc(C)c(NC(=O)C2COCC2N)c1. The van der Waals surface area contributed by atoms with Crippen LogP contribution in [0, 0.1) is 12.8 Å². The summed E-state index contributed by atoms with van der Waals surface area (Å²) in [6.07, 6.45) is 0. The number of nitrogens with two attached hydrogens (primary N) is 1. The molecule has 20 heavy (non-hydrogen) atoms. The molecule has 1 aromatic rings. The Balaban J connectivity index is 2.16. The number of benzene rings is 1. The van der Waals surface area contributed by atoms with Crippen LogP contribution in [0.4, 0.5) is 5.69 Å². The average molecular weight is 277 g/mol. The number of anilines is 1. The second-order valence-corrected chi connectivity index (χ2v) is 4.91. The monoisotopic (exact) mass is 277 g/mol. The molecule has 6 nitrogen and oxygen atoms in total. The van der Waals surface area contributed by atoms with Gasteiger partial charge in [0.1, 0.15) is 0 Å². The van der Waals surface area contributed by atoms with E-state index in [1.807, 2.05) is 6.92 Å². The van der Waals surface area contributed by atoms with Gasteiger partial charge in [-0.3, -0.25) is 9.59 Å². The van der Waals surface area contributed by atoms with Crippen LogP contribution in [0.1, 0.15) is 15.9 Å². The van der Waals surface area contributed by atoms with Gasteiger partial charge in [0.15, 0.2) is 0 Å². The van der Waals surface area contributed by atoms with Crippen molar-refractivity contribution in [1.29, 1.82) is 0 Å². The van der Waals surface area contributed by atoms with Crippen molar-refractivity contribution >= 4 is 17.5 Å². The number of hydrogen-bond donors (Lipinski definition) is 3. The molecular formula is C14H19N3O3. The fourth-order valence-electron chi connectivity index (χ4n) is 2.11. The maximum Gasteiger partial charge on any atom is 0.251 e. The highest BCUT2D eigenvalue weighted by Crippen LogP contribution is 2.20. The van der Waals surface area contributed by atoms with Crippen LogP contribution in [0.25, 0.3) is 0 Å². The highest BCUT2D eigenvalue weighted by Gasteiger charge is 2.31. The van der Waals surface area contributed by atoms with Crippen molar-refractivity contribution in [3.05, 3.63) is 29.3 Å². The highest BCUT2D eigenvalue weighted by molar-refractivity contribution is 5.98. The summed E-state index contributed by atoms with van der Waals surface area (Å²) < 4.78 is 5.19. The van der Waals surface area contributed by atoms with Crippen LogP contribution in [0.5, 0.6) is 0 Å².